The molecule has 1 saturated carbocycles. The molecule has 1 aliphatic heterocycles. The molecular weight excluding hydrogens is 258 g/mol. The molecule has 3 aliphatic rings. The molecule has 4 rings (SSSR count). The average molecular weight is 278 g/mol. The summed E-state index contributed by atoms with van der Waals surface area (Å²) in [4.78, 5) is 12.7. The van der Waals surface area contributed by atoms with Gasteiger partial charge in [-0.2, -0.15) is 0 Å². The molecule has 1 saturated heterocycles. The number of fused-ring (bicyclic) bond motifs is 1. The Morgan fingerprint density at radius 3 is 3.00 bits per heavy atom. The molecule has 3 atom stereocenters. The van der Waals surface area contributed by atoms with Crippen molar-refractivity contribution in [3.05, 3.63) is 35.4 Å². The molecule has 0 aromatic heterocycles. The highest BCUT2D eigenvalue weighted by Crippen LogP contribution is 2.51. The van der Waals surface area contributed by atoms with Crippen molar-refractivity contribution < 1.29 is 4.79 Å². The smallest absolute Gasteiger partial charge is 0.143 e. The summed E-state index contributed by atoms with van der Waals surface area (Å²) in [5.74, 6) is 1.06. The van der Waals surface area contributed by atoms with E-state index in [1.165, 1.54) is 17.5 Å². The summed E-state index contributed by atoms with van der Waals surface area (Å²) in [6.45, 7) is 1.00. The van der Waals surface area contributed by atoms with Crippen molar-refractivity contribution in [3.63, 3.8) is 0 Å². The Morgan fingerprint density at radius 2 is 2.11 bits per heavy atom. The summed E-state index contributed by atoms with van der Waals surface area (Å²) < 4.78 is 0. The lowest BCUT2D eigenvalue weighted by Gasteiger charge is -2.54. The molecular formula is C16H20ClNO. The van der Waals surface area contributed by atoms with Crippen LogP contribution in [0.4, 0.5) is 0 Å². The Balaban J connectivity index is 0.00000110. The first kappa shape index (κ1) is 13.1. The third-order valence-corrected chi connectivity index (χ3v) is 5.40. The van der Waals surface area contributed by atoms with Crippen LogP contribution >= 0.6 is 12.4 Å². The minimum Gasteiger partial charge on any atom is -0.313 e. The first-order valence-electron chi connectivity index (χ1n) is 7.17. The number of hydrogen-bond acceptors (Lipinski definition) is 2. The molecule has 2 aliphatic carbocycles. The largest absolute Gasteiger partial charge is 0.313 e. The Kier molecular flexibility index (Phi) is 3.18. The number of ketones is 1. The maximum atomic E-state index is 12.7. The number of nitrogens with one attached hydrogen (secondary N) is 1. The molecule has 0 unspecified atom stereocenters. The summed E-state index contributed by atoms with van der Waals surface area (Å²) in [5.41, 5.74) is 2.63. The molecule has 102 valence electrons. The maximum absolute atomic E-state index is 12.7. The summed E-state index contributed by atoms with van der Waals surface area (Å²) in [7, 11) is 0. The molecule has 2 nitrogen and oxygen atoms in total. The third-order valence-electron chi connectivity index (χ3n) is 5.40. The topological polar surface area (TPSA) is 29.1 Å². The number of piperidine rings is 1. The number of rotatable bonds is 0. The standard InChI is InChI=1S/C16H19NO.ClH/c18-15-7-3-6-13-14-10-11-4-1-2-5-12(11)16(13,15)8-9-17-14;/h1-2,4-5,13-14,17H,3,6-10H2;1H/t13-,14+,16+;/m0./s1. The van der Waals surface area contributed by atoms with Crippen LogP contribution in [0, 0.1) is 5.92 Å². The van der Waals surface area contributed by atoms with E-state index in [1.54, 1.807) is 0 Å². The molecule has 2 bridgehead atoms. The van der Waals surface area contributed by atoms with Crippen molar-refractivity contribution in [1.82, 2.24) is 5.32 Å². The highest BCUT2D eigenvalue weighted by Gasteiger charge is 2.55. The lowest BCUT2D eigenvalue weighted by atomic mass is 9.52. The molecule has 3 heteroatoms. The van der Waals surface area contributed by atoms with E-state index in [4.69, 9.17) is 0 Å². The third kappa shape index (κ3) is 1.63. The van der Waals surface area contributed by atoms with Crippen molar-refractivity contribution in [2.45, 2.75) is 43.6 Å². The highest BCUT2D eigenvalue weighted by atomic mass is 35.5. The van der Waals surface area contributed by atoms with Gasteiger partial charge in [0.2, 0.25) is 0 Å². The molecule has 2 fully saturated rings. The van der Waals surface area contributed by atoms with Crippen LogP contribution in [-0.2, 0) is 16.6 Å². The van der Waals surface area contributed by atoms with Gasteiger partial charge in [0.1, 0.15) is 5.78 Å². The van der Waals surface area contributed by atoms with Gasteiger partial charge in [-0.25, -0.2) is 0 Å². The van der Waals surface area contributed by atoms with Crippen LogP contribution in [0.25, 0.3) is 0 Å². The molecule has 0 spiro atoms. The molecule has 1 aromatic rings. The maximum Gasteiger partial charge on any atom is 0.143 e. The Morgan fingerprint density at radius 1 is 1.26 bits per heavy atom. The highest BCUT2D eigenvalue weighted by molar-refractivity contribution is 5.92. The van der Waals surface area contributed by atoms with Gasteiger partial charge in [-0.1, -0.05) is 24.3 Å². The second-order valence-corrected chi connectivity index (χ2v) is 6.07. The molecule has 1 N–H and O–H groups in total. The van der Waals surface area contributed by atoms with Gasteiger partial charge >= 0.3 is 0 Å². The van der Waals surface area contributed by atoms with E-state index in [9.17, 15) is 4.79 Å². The van der Waals surface area contributed by atoms with Crippen molar-refractivity contribution in [1.29, 1.82) is 0 Å². The summed E-state index contributed by atoms with van der Waals surface area (Å²) in [6, 6.07) is 9.17. The zero-order chi connectivity index (χ0) is 12.2. The molecule has 1 heterocycles. The van der Waals surface area contributed by atoms with Crippen LogP contribution in [-0.4, -0.2) is 18.4 Å². The summed E-state index contributed by atoms with van der Waals surface area (Å²) in [6.07, 6.45) is 5.21. The Labute approximate surface area is 120 Å². The van der Waals surface area contributed by atoms with E-state index in [0.717, 1.165) is 32.2 Å². The minimum atomic E-state index is -0.136. The fourth-order valence-corrected chi connectivity index (χ4v) is 4.69. The van der Waals surface area contributed by atoms with E-state index in [-0.39, 0.29) is 17.8 Å². The monoisotopic (exact) mass is 277 g/mol. The zero-order valence-corrected chi connectivity index (χ0v) is 11.8. The number of benzene rings is 1. The first-order chi connectivity index (χ1) is 8.82. The van der Waals surface area contributed by atoms with Gasteiger partial charge in [0, 0.05) is 12.5 Å². The van der Waals surface area contributed by atoms with Gasteiger partial charge in [-0.05, 0) is 49.3 Å². The normalized spacial score (nSPS) is 35.9. The van der Waals surface area contributed by atoms with E-state index in [0.29, 0.717) is 17.7 Å². The van der Waals surface area contributed by atoms with Gasteiger partial charge in [0.15, 0.2) is 0 Å². The number of hydrogen-bond donors (Lipinski definition) is 1. The second-order valence-electron chi connectivity index (χ2n) is 6.07. The van der Waals surface area contributed by atoms with Gasteiger partial charge in [-0.3, -0.25) is 4.79 Å². The first-order valence-corrected chi connectivity index (χ1v) is 7.17. The molecule has 19 heavy (non-hydrogen) atoms. The van der Waals surface area contributed by atoms with Gasteiger partial charge in [-0.15, -0.1) is 12.4 Å². The van der Waals surface area contributed by atoms with Gasteiger partial charge < -0.3 is 5.32 Å². The number of Topliss-reactive ketones (excluding diaryl/α,β-unsaturated/α-hetero) is 1. The Hall–Kier alpha value is -0.860. The van der Waals surface area contributed by atoms with E-state index >= 15 is 0 Å². The number of halogens is 1. The van der Waals surface area contributed by atoms with Gasteiger partial charge in [0.05, 0.1) is 5.41 Å². The Bertz CT molecular complexity index is 515. The summed E-state index contributed by atoms with van der Waals surface area (Å²) >= 11 is 0. The predicted octanol–water partition coefficient (Wildman–Crippen LogP) is 2.63. The fourth-order valence-electron chi connectivity index (χ4n) is 4.69. The molecule has 0 amide bonds. The van der Waals surface area contributed by atoms with Crippen molar-refractivity contribution >= 4 is 18.2 Å². The summed E-state index contributed by atoms with van der Waals surface area (Å²) in [5, 5.41) is 3.65. The van der Waals surface area contributed by atoms with Crippen LogP contribution in [0.3, 0.4) is 0 Å². The van der Waals surface area contributed by atoms with Crippen LogP contribution in [0.2, 0.25) is 0 Å². The predicted molar refractivity (Wildman–Crippen MR) is 77.8 cm³/mol. The molecule has 0 radical (unpaired) electrons. The zero-order valence-electron chi connectivity index (χ0n) is 11.0. The van der Waals surface area contributed by atoms with Crippen LogP contribution < -0.4 is 5.32 Å². The van der Waals surface area contributed by atoms with E-state index in [1.807, 2.05) is 0 Å². The van der Waals surface area contributed by atoms with Crippen molar-refractivity contribution in [2.75, 3.05) is 6.54 Å². The van der Waals surface area contributed by atoms with Crippen LogP contribution in [0.1, 0.15) is 36.8 Å². The second kappa shape index (κ2) is 4.60. The van der Waals surface area contributed by atoms with Crippen molar-refractivity contribution in [3.8, 4) is 0 Å². The van der Waals surface area contributed by atoms with E-state index in [2.05, 4.69) is 29.6 Å². The number of carbonyl (C=O) groups is 1. The molecule has 1 aromatic carbocycles. The quantitative estimate of drug-likeness (QED) is 0.790. The lowest BCUT2D eigenvalue weighted by Crippen LogP contribution is -2.62. The van der Waals surface area contributed by atoms with Crippen LogP contribution in [0.5, 0.6) is 0 Å². The lowest BCUT2D eigenvalue weighted by molar-refractivity contribution is -0.132. The SMILES string of the molecule is Cl.O=C1CCC[C@H]2[C@H]3Cc4ccccc4[C@@]12CCN3. The fraction of sp³-hybridized carbons (Fsp3) is 0.562. The van der Waals surface area contributed by atoms with Crippen LogP contribution in [0.15, 0.2) is 24.3 Å². The van der Waals surface area contributed by atoms with Gasteiger partial charge in [0.25, 0.3) is 0 Å². The average Bonchev–Trinajstić information content (AvgIpc) is 2.39. The minimum absolute atomic E-state index is 0. The number of carbonyl (C=O) groups excluding carboxylic acids is 1. The van der Waals surface area contributed by atoms with Crippen molar-refractivity contribution in [2.24, 2.45) is 5.92 Å². The van der Waals surface area contributed by atoms with E-state index < -0.39 is 0 Å².